The Morgan fingerprint density at radius 1 is 0.886 bits per heavy atom. The molecule has 0 aliphatic heterocycles. The molecular formula is C28H31N3O4. The Bertz CT molecular complexity index is 1270. The maximum absolute atomic E-state index is 12.5. The molecule has 0 atom stereocenters. The summed E-state index contributed by atoms with van der Waals surface area (Å²) in [5.74, 6) is 3.10. The van der Waals surface area contributed by atoms with Crippen molar-refractivity contribution >= 4 is 16.9 Å². The van der Waals surface area contributed by atoms with Gasteiger partial charge in [-0.3, -0.25) is 4.79 Å². The van der Waals surface area contributed by atoms with Crippen molar-refractivity contribution in [2.75, 3.05) is 27.4 Å². The van der Waals surface area contributed by atoms with E-state index in [9.17, 15) is 4.79 Å². The number of hydrogen-bond donors (Lipinski definition) is 1. The first-order valence-corrected chi connectivity index (χ1v) is 11.8. The highest BCUT2D eigenvalue weighted by Crippen LogP contribution is 2.20. The second-order valence-electron chi connectivity index (χ2n) is 8.14. The van der Waals surface area contributed by atoms with Crippen LogP contribution in [-0.2, 0) is 13.0 Å². The summed E-state index contributed by atoms with van der Waals surface area (Å²) >= 11 is 0. The molecule has 1 amide bonds. The highest BCUT2D eigenvalue weighted by molar-refractivity contribution is 5.94. The zero-order chi connectivity index (χ0) is 24.5. The molecule has 35 heavy (non-hydrogen) atoms. The SMILES string of the molecule is COc1cccc(OCCCCn2c(CCNC(=O)c3cccc(OC)c3)nc3ccccc32)c1. The van der Waals surface area contributed by atoms with E-state index in [1.807, 2.05) is 54.6 Å². The Morgan fingerprint density at radius 3 is 2.46 bits per heavy atom. The minimum Gasteiger partial charge on any atom is -0.497 e. The molecule has 7 heteroatoms. The second-order valence-corrected chi connectivity index (χ2v) is 8.14. The molecule has 0 spiro atoms. The first-order chi connectivity index (χ1) is 17.2. The Hall–Kier alpha value is -4.00. The quantitative estimate of drug-likeness (QED) is 0.297. The smallest absolute Gasteiger partial charge is 0.251 e. The standard InChI is InChI=1S/C28H31N3O4/c1-33-22-10-7-9-21(19-22)28(32)29-16-15-27-30-25-13-3-4-14-26(25)31(27)17-5-6-18-35-24-12-8-11-23(20-24)34-2/h3-4,7-14,19-20H,5-6,15-18H2,1-2H3,(H,29,32). The van der Waals surface area contributed by atoms with Gasteiger partial charge in [0, 0.05) is 31.1 Å². The molecule has 4 aromatic rings. The van der Waals surface area contributed by atoms with Crippen LogP contribution < -0.4 is 19.5 Å². The summed E-state index contributed by atoms with van der Waals surface area (Å²) in [6, 6.07) is 22.9. The molecule has 182 valence electrons. The van der Waals surface area contributed by atoms with Crippen molar-refractivity contribution in [2.45, 2.75) is 25.8 Å². The number of unbranched alkanes of at least 4 members (excludes halogenated alkanes) is 1. The van der Waals surface area contributed by atoms with Crippen molar-refractivity contribution in [1.82, 2.24) is 14.9 Å². The van der Waals surface area contributed by atoms with Crippen LogP contribution in [0.3, 0.4) is 0 Å². The van der Waals surface area contributed by atoms with Crippen LogP contribution in [0.2, 0.25) is 0 Å². The molecule has 0 saturated carbocycles. The van der Waals surface area contributed by atoms with Crippen LogP contribution in [0, 0.1) is 0 Å². The number of aryl methyl sites for hydroxylation is 1. The van der Waals surface area contributed by atoms with Gasteiger partial charge in [-0.05, 0) is 55.3 Å². The summed E-state index contributed by atoms with van der Waals surface area (Å²) in [7, 11) is 3.24. The fourth-order valence-electron chi connectivity index (χ4n) is 3.97. The van der Waals surface area contributed by atoms with Crippen molar-refractivity contribution in [1.29, 1.82) is 0 Å². The van der Waals surface area contributed by atoms with Crippen molar-refractivity contribution in [3.8, 4) is 17.2 Å². The highest BCUT2D eigenvalue weighted by atomic mass is 16.5. The van der Waals surface area contributed by atoms with Gasteiger partial charge in [-0.15, -0.1) is 0 Å². The summed E-state index contributed by atoms with van der Waals surface area (Å²) in [6.07, 6.45) is 2.51. The topological polar surface area (TPSA) is 74.6 Å². The van der Waals surface area contributed by atoms with E-state index in [2.05, 4.69) is 16.0 Å². The fourth-order valence-corrected chi connectivity index (χ4v) is 3.97. The van der Waals surface area contributed by atoms with Crippen LogP contribution in [0.5, 0.6) is 17.2 Å². The van der Waals surface area contributed by atoms with Crippen LogP contribution in [-0.4, -0.2) is 42.8 Å². The van der Waals surface area contributed by atoms with E-state index < -0.39 is 0 Å². The molecular weight excluding hydrogens is 442 g/mol. The first kappa shape index (κ1) is 24.1. The molecule has 0 unspecified atom stereocenters. The number of nitrogens with one attached hydrogen (secondary N) is 1. The van der Waals surface area contributed by atoms with Gasteiger partial charge in [-0.1, -0.05) is 24.3 Å². The lowest BCUT2D eigenvalue weighted by Crippen LogP contribution is -2.26. The predicted molar refractivity (Wildman–Crippen MR) is 136 cm³/mol. The fraction of sp³-hybridized carbons (Fsp3) is 0.286. The van der Waals surface area contributed by atoms with Crippen LogP contribution in [0.1, 0.15) is 29.0 Å². The van der Waals surface area contributed by atoms with Gasteiger partial charge in [-0.2, -0.15) is 0 Å². The third kappa shape index (κ3) is 6.32. The Labute approximate surface area is 205 Å². The van der Waals surface area contributed by atoms with Crippen molar-refractivity contribution in [3.63, 3.8) is 0 Å². The molecule has 1 N–H and O–H groups in total. The monoisotopic (exact) mass is 473 g/mol. The number of rotatable bonds is 12. The summed E-state index contributed by atoms with van der Waals surface area (Å²) in [5.41, 5.74) is 2.65. The summed E-state index contributed by atoms with van der Waals surface area (Å²) in [4.78, 5) is 17.4. The largest absolute Gasteiger partial charge is 0.497 e. The third-order valence-electron chi connectivity index (χ3n) is 5.79. The van der Waals surface area contributed by atoms with Crippen molar-refractivity contribution < 1.29 is 19.0 Å². The van der Waals surface area contributed by atoms with Crippen LogP contribution in [0.4, 0.5) is 0 Å². The van der Waals surface area contributed by atoms with Crippen LogP contribution >= 0.6 is 0 Å². The van der Waals surface area contributed by atoms with Gasteiger partial charge in [0.25, 0.3) is 5.91 Å². The molecule has 3 aromatic carbocycles. The number of benzene rings is 3. The second kappa shape index (κ2) is 11.9. The van der Waals surface area contributed by atoms with Gasteiger partial charge in [0.05, 0.1) is 31.9 Å². The van der Waals surface area contributed by atoms with Crippen LogP contribution in [0.15, 0.2) is 72.8 Å². The van der Waals surface area contributed by atoms with Gasteiger partial charge >= 0.3 is 0 Å². The molecule has 1 heterocycles. The number of carbonyl (C=O) groups is 1. The maximum atomic E-state index is 12.5. The van der Waals surface area contributed by atoms with E-state index in [0.717, 1.165) is 47.7 Å². The Morgan fingerprint density at radius 2 is 1.63 bits per heavy atom. The minimum absolute atomic E-state index is 0.124. The number of para-hydroxylation sites is 2. The molecule has 0 bridgehead atoms. The molecule has 7 nitrogen and oxygen atoms in total. The zero-order valence-corrected chi connectivity index (χ0v) is 20.2. The lowest BCUT2D eigenvalue weighted by atomic mass is 10.2. The third-order valence-corrected chi connectivity index (χ3v) is 5.79. The van der Waals surface area contributed by atoms with Gasteiger partial charge < -0.3 is 24.1 Å². The molecule has 0 radical (unpaired) electrons. The van der Waals surface area contributed by atoms with Gasteiger partial charge in [0.2, 0.25) is 0 Å². The first-order valence-electron chi connectivity index (χ1n) is 11.8. The molecule has 0 saturated heterocycles. The van der Waals surface area contributed by atoms with Gasteiger partial charge in [0.15, 0.2) is 0 Å². The highest BCUT2D eigenvalue weighted by Gasteiger charge is 2.12. The number of ether oxygens (including phenoxy) is 3. The number of fused-ring (bicyclic) bond motifs is 1. The summed E-state index contributed by atoms with van der Waals surface area (Å²) in [5, 5.41) is 3.00. The average Bonchev–Trinajstić information content (AvgIpc) is 3.25. The number of carbonyl (C=O) groups excluding carboxylic acids is 1. The number of hydrogen-bond acceptors (Lipinski definition) is 5. The van der Waals surface area contributed by atoms with Gasteiger partial charge in [0.1, 0.15) is 23.1 Å². The number of amides is 1. The zero-order valence-electron chi connectivity index (χ0n) is 20.2. The average molecular weight is 474 g/mol. The maximum Gasteiger partial charge on any atom is 0.251 e. The molecule has 1 aromatic heterocycles. The number of methoxy groups -OCH3 is 2. The summed E-state index contributed by atoms with van der Waals surface area (Å²) in [6.45, 7) is 1.96. The normalized spacial score (nSPS) is 10.8. The Kier molecular flexibility index (Phi) is 8.22. The molecule has 0 aliphatic rings. The minimum atomic E-state index is -0.124. The predicted octanol–water partition coefficient (Wildman–Crippen LogP) is 4.89. The number of imidazole rings is 1. The van der Waals surface area contributed by atoms with Crippen molar-refractivity contribution in [3.05, 3.63) is 84.2 Å². The van der Waals surface area contributed by atoms with E-state index in [1.165, 1.54) is 0 Å². The lowest BCUT2D eigenvalue weighted by molar-refractivity contribution is 0.0953. The van der Waals surface area contributed by atoms with E-state index in [1.54, 1.807) is 26.4 Å². The molecule has 0 fully saturated rings. The van der Waals surface area contributed by atoms with Crippen LogP contribution in [0.25, 0.3) is 11.0 Å². The number of nitrogens with zero attached hydrogens (tertiary/aromatic N) is 2. The Balaban J connectivity index is 1.33. The van der Waals surface area contributed by atoms with E-state index in [4.69, 9.17) is 19.2 Å². The lowest BCUT2D eigenvalue weighted by Gasteiger charge is -2.11. The molecule has 4 rings (SSSR count). The summed E-state index contributed by atoms with van der Waals surface area (Å²) < 4.78 is 18.6. The van der Waals surface area contributed by atoms with E-state index in [0.29, 0.717) is 30.9 Å². The van der Waals surface area contributed by atoms with Crippen molar-refractivity contribution in [2.24, 2.45) is 0 Å². The van der Waals surface area contributed by atoms with E-state index >= 15 is 0 Å². The van der Waals surface area contributed by atoms with E-state index in [-0.39, 0.29) is 5.91 Å². The number of aromatic nitrogens is 2. The van der Waals surface area contributed by atoms with Gasteiger partial charge in [-0.25, -0.2) is 4.98 Å². The molecule has 0 aliphatic carbocycles.